The van der Waals surface area contributed by atoms with Gasteiger partial charge in [0.1, 0.15) is 0 Å². The first-order valence-electron chi connectivity index (χ1n) is 6.86. The lowest BCUT2D eigenvalue weighted by Gasteiger charge is -2.36. The molecule has 2 rings (SSSR count). The van der Waals surface area contributed by atoms with Crippen LogP contribution in [0.2, 0.25) is 0 Å². The molecular formula is C15H23N3O. The molecule has 0 aromatic heterocycles. The Balaban J connectivity index is 2.10. The SMILES string of the molecule is CN(C)C1CCCN(C(=O)c2cccc(CN)c2)C1. The molecule has 4 heteroatoms. The minimum atomic E-state index is 0.127. The summed E-state index contributed by atoms with van der Waals surface area (Å²) in [4.78, 5) is 16.7. The molecule has 2 N–H and O–H groups in total. The number of likely N-dealkylation sites (tertiary alicyclic amines) is 1. The molecule has 0 aliphatic carbocycles. The molecule has 1 unspecified atom stereocenters. The monoisotopic (exact) mass is 261 g/mol. The minimum Gasteiger partial charge on any atom is -0.337 e. The van der Waals surface area contributed by atoms with Crippen LogP contribution in [-0.4, -0.2) is 48.9 Å². The fourth-order valence-electron chi connectivity index (χ4n) is 2.57. The molecule has 0 spiro atoms. The average molecular weight is 261 g/mol. The molecule has 1 aromatic carbocycles. The second-order valence-electron chi connectivity index (χ2n) is 5.42. The highest BCUT2D eigenvalue weighted by atomic mass is 16.2. The van der Waals surface area contributed by atoms with Gasteiger partial charge < -0.3 is 15.5 Å². The molecule has 1 aliphatic heterocycles. The van der Waals surface area contributed by atoms with Crippen LogP contribution >= 0.6 is 0 Å². The van der Waals surface area contributed by atoms with Crippen LogP contribution in [0.5, 0.6) is 0 Å². The van der Waals surface area contributed by atoms with Crippen molar-refractivity contribution < 1.29 is 4.79 Å². The first-order chi connectivity index (χ1) is 9.11. The van der Waals surface area contributed by atoms with Crippen LogP contribution in [0.4, 0.5) is 0 Å². The highest BCUT2D eigenvalue weighted by molar-refractivity contribution is 5.94. The number of hydrogen-bond donors (Lipinski definition) is 1. The standard InChI is InChI=1S/C15H23N3O/c1-17(2)14-7-4-8-18(11-14)15(19)13-6-3-5-12(9-13)10-16/h3,5-6,9,14H,4,7-8,10-11,16H2,1-2H3. The fourth-order valence-corrected chi connectivity index (χ4v) is 2.57. The van der Waals surface area contributed by atoms with E-state index >= 15 is 0 Å². The summed E-state index contributed by atoms with van der Waals surface area (Å²) in [5, 5.41) is 0. The van der Waals surface area contributed by atoms with Gasteiger partial charge in [-0.1, -0.05) is 12.1 Å². The van der Waals surface area contributed by atoms with Gasteiger partial charge in [-0.3, -0.25) is 4.79 Å². The molecule has 1 amide bonds. The Labute approximate surface area is 115 Å². The highest BCUT2D eigenvalue weighted by Crippen LogP contribution is 2.17. The summed E-state index contributed by atoms with van der Waals surface area (Å²) in [6, 6.07) is 8.11. The highest BCUT2D eigenvalue weighted by Gasteiger charge is 2.25. The van der Waals surface area contributed by atoms with Crippen molar-refractivity contribution in [1.29, 1.82) is 0 Å². The summed E-state index contributed by atoms with van der Waals surface area (Å²) in [5.74, 6) is 0.127. The van der Waals surface area contributed by atoms with Crippen molar-refractivity contribution in [3.63, 3.8) is 0 Å². The van der Waals surface area contributed by atoms with E-state index in [2.05, 4.69) is 19.0 Å². The van der Waals surface area contributed by atoms with Crippen molar-refractivity contribution in [3.8, 4) is 0 Å². The quantitative estimate of drug-likeness (QED) is 0.892. The van der Waals surface area contributed by atoms with Crippen molar-refractivity contribution in [2.24, 2.45) is 5.73 Å². The van der Waals surface area contributed by atoms with Gasteiger partial charge in [-0.15, -0.1) is 0 Å². The van der Waals surface area contributed by atoms with E-state index in [0.717, 1.165) is 30.6 Å². The van der Waals surface area contributed by atoms with Crippen LogP contribution in [0.25, 0.3) is 0 Å². The van der Waals surface area contributed by atoms with Crippen LogP contribution < -0.4 is 5.73 Å². The largest absolute Gasteiger partial charge is 0.337 e. The van der Waals surface area contributed by atoms with E-state index in [1.807, 2.05) is 29.2 Å². The lowest BCUT2D eigenvalue weighted by molar-refractivity contribution is 0.0635. The minimum absolute atomic E-state index is 0.127. The number of benzene rings is 1. The Morgan fingerprint density at radius 2 is 2.26 bits per heavy atom. The molecule has 1 heterocycles. The molecule has 104 valence electrons. The lowest BCUT2D eigenvalue weighted by Crippen LogP contribution is -2.47. The first-order valence-corrected chi connectivity index (χ1v) is 6.86. The maximum Gasteiger partial charge on any atom is 0.253 e. The zero-order valence-electron chi connectivity index (χ0n) is 11.8. The molecule has 4 nitrogen and oxygen atoms in total. The zero-order valence-corrected chi connectivity index (χ0v) is 11.8. The fraction of sp³-hybridized carbons (Fsp3) is 0.533. The molecule has 19 heavy (non-hydrogen) atoms. The molecule has 0 bridgehead atoms. The van der Waals surface area contributed by atoms with E-state index in [0.29, 0.717) is 12.6 Å². The predicted octanol–water partition coefficient (Wildman–Crippen LogP) is 1.31. The second kappa shape index (κ2) is 6.17. The number of nitrogens with two attached hydrogens (primary N) is 1. The Hall–Kier alpha value is -1.39. The summed E-state index contributed by atoms with van der Waals surface area (Å²) >= 11 is 0. The molecule has 1 aliphatic rings. The van der Waals surface area contributed by atoms with Gasteiger partial charge in [-0.25, -0.2) is 0 Å². The van der Waals surface area contributed by atoms with Crippen molar-refractivity contribution in [1.82, 2.24) is 9.80 Å². The third kappa shape index (κ3) is 3.33. The van der Waals surface area contributed by atoms with Gasteiger partial charge in [0.2, 0.25) is 0 Å². The summed E-state index contributed by atoms with van der Waals surface area (Å²) in [6.45, 7) is 2.15. The topological polar surface area (TPSA) is 49.6 Å². The Morgan fingerprint density at radius 3 is 2.95 bits per heavy atom. The summed E-state index contributed by atoms with van der Waals surface area (Å²) < 4.78 is 0. The number of likely N-dealkylation sites (N-methyl/N-ethyl adjacent to an activating group) is 1. The molecular weight excluding hydrogens is 238 g/mol. The Kier molecular flexibility index (Phi) is 4.56. The zero-order chi connectivity index (χ0) is 13.8. The maximum atomic E-state index is 12.5. The van der Waals surface area contributed by atoms with Gasteiger partial charge in [-0.05, 0) is 44.6 Å². The van der Waals surface area contributed by atoms with Gasteiger partial charge in [0.25, 0.3) is 5.91 Å². The first kappa shape index (κ1) is 14.0. The maximum absolute atomic E-state index is 12.5. The third-order valence-corrected chi connectivity index (χ3v) is 3.82. The molecule has 1 atom stereocenters. The smallest absolute Gasteiger partial charge is 0.253 e. The van der Waals surface area contributed by atoms with Gasteiger partial charge in [0, 0.05) is 31.2 Å². The third-order valence-electron chi connectivity index (χ3n) is 3.82. The van der Waals surface area contributed by atoms with E-state index < -0.39 is 0 Å². The number of hydrogen-bond acceptors (Lipinski definition) is 3. The van der Waals surface area contributed by atoms with Gasteiger partial charge in [0.05, 0.1) is 0 Å². The Bertz CT molecular complexity index is 445. The normalized spacial score (nSPS) is 19.8. The van der Waals surface area contributed by atoms with Gasteiger partial charge in [-0.2, -0.15) is 0 Å². The predicted molar refractivity (Wildman–Crippen MR) is 76.9 cm³/mol. The molecule has 0 saturated carbocycles. The Morgan fingerprint density at radius 1 is 1.47 bits per heavy atom. The molecule has 0 radical (unpaired) electrons. The lowest BCUT2D eigenvalue weighted by atomic mass is 10.0. The van der Waals surface area contributed by atoms with Crippen LogP contribution in [0.3, 0.4) is 0 Å². The van der Waals surface area contributed by atoms with E-state index in [9.17, 15) is 4.79 Å². The van der Waals surface area contributed by atoms with E-state index in [4.69, 9.17) is 5.73 Å². The van der Waals surface area contributed by atoms with Crippen molar-refractivity contribution >= 4 is 5.91 Å². The van der Waals surface area contributed by atoms with Crippen molar-refractivity contribution in [2.45, 2.75) is 25.4 Å². The number of piperidine rings is 1. The number of carbonyl (C=O) groups is 1. The van der Waals surface area contributed by atoms with E-state index in [-0.39, 0.29) is 5.91 Å². The van der Waals surface area contributed by atoms with Crippen molar-refractivity contribution in [3.05, 3.63) is 35.4 Å². The second-order valence-corrected chi connectivity index (χ2v) is 5.42. The van der Waals surface area contributed by atoms with Crippen LogP contribution in [-0.2, 0) is 6.54 Å². The summed E-state index contributed by atoms with van der Waals surface area (Å²) in [5.41, 5.74) is 7.39. The average Bonchev–Trinajstić information content (AvgIpc) is 2.46. The summed E-state index contributed by atoms with van der Waals surface area (Å²) in [6.07, 6.45) is 2.24. The van der Waals surface area contributed by atoms with E-state index in [1.54, 1.807) is 0 Å². The molecule has 1 saturated heterocycles. The number of nitrogens with zero attached hydrogens (tertiary/aromatic N) is 2. The number of amides is 1. The number of carbonyl (C=O) groups excluding carboxylic acids is 1. The van der Waals surface area contributed by atoms with Gasteiger partial charge in [0.15, 0.2) is 0 Å². The van der Waals surface area contributed by atoms with E-state index in [1.165, 1.54) is 6.42 Å². The van der Waals surface area contributed by atoms with Crippen LogP contribution in [0.15, 0.2) is 24.3 Å². The summed E-state index contributed by atoms with van der Waals surface area (Å²) in [7, 11) is 4.15. The molecule has 1 aromatic rings. The van der Waals surface area contributed by atoms with Gasteiger partial charge >= 0.3 is 0 Å². The van der Waals surface area contributed by atoms with Crippen molar-refractivity contribution in [2.75, 3.05) is 27.2 Å². The molecule has 1 fully saturated rings. The van der Waals surface area contributed by atoms with Crippen LogP contribution in [0, 0.1) is 0 Å². The van der Waals surface area contributed by atoms with Crippen LogP contribution in [0.1, 0.15) is 28.8 Å². The number of rotatable bonds is 3.